The molecule has 1 aliphatic rings. The summed E-state index contributed by atoms with van der Waals surface area (Å²) < 4.78 is 19.8. The quantitative estimate of drug-likeness (QED) is 0.843. The van der Waals surface area contributed by atoms with E-state index in [1.54, 1.807) is 6.07 Å². The van der Waals surface area contributed by atoms with Crippen LogP contribution in [0.3, 0.4) is 0 Å². The molecule has 2 nitrogen and oxygen atoms in total. The molecule has 0 aromatic heterocycles. The summed E-state index contributed by atoms with van der Waals surface area (Å²) in [5, 5.41) is 3.62. The molecular formula is C17H25ClFNO. The first-order chi connectivity index (χ1) is 10.1. The normalized spacial score (nSPS) is 19.4. The van der Waals surface area contributed by atoms with E-state index in [0.29, 0.717) is 13.0 Å². The van der Waals surface area contributed by atoms with Crippen LogP contribution in [-0.4, -0.2) is 25.3 Å². The van der Waals surface area contributed by atoms with Crippen molar-refractivity contribution in [3.63, 3.8) is 0 Å². The van der Waals surface area contributed by atoms with E-state index in [4.69, 9.17) is 16.3 Å². The largest absolute Gasteiger partial charge is 0.374 e. The maximum absolute atomic E-state index is 13.6. The Bertz CT molecular complexity index is 455. The summed E-state index contributed by atoms with van der Waals surface area (Å²) in [6, 6.07) is 5.17. The van der Waals surface area contributed by atoms with Crippen molar-refractivity contribution in [2.24, 2.45) is 0 Å². The maximum Gasteiger partial charge on any atom is 0.142 e. The minimum absolute atomic E-state index is 0.150. The summed E-state index contributed by atoms with van der Waals surface area (Å²) in [6.45, 7) is 2.74. The number of likely N-dealkylation sites (N-methyl/N-ethyl adjacent to an activating group) is 1. The van der Waals surface area contributed by atoms with Gasteiger partial charge in [-0.2, -0.15) is 0 Å². The van der Waals surface area contributed by atoms with E-state index in [-0.39, 0.29) is 22.5 Å². The molecule has 0 spiro atoms. The van der Waals surface area contributed by atoms with E-state index >= 15 is 0 Å². The molecule has 21 heavy (non-hydrogen) atoms. The van der Waals surface area contributed by atoms with Gasteiger partial charge in [0, 0.05) is 12.6 Å². The fourth-order valence-electron chi connectivity index (χ4n) is 3.51. The molecule has 1 N–H and O–H groups in total. The Kier molecular flexibility index (Phi) is 6.03. The molecule has 1 unspecified atom stereocenters. The number of rotatable bonds is 6. The van der Waals surface area contributed by atoms with Gasteiger partial charge in [-0.25, -0.2) is 4.39 Å². The maximum atomic E-state index is 13.6. The smallest absolute Gasteiger partial charge is 0.142 e. The molecule has 2 rings (SSSR count). The molecule has 1 aromatic carbocycles. The Labute approximate surface area is 132 Å². The zero-order valence-electron chi connectivity index (χ0n) is 12.9. The van der Waals surface area contributed by atoms with Crippen LogP contribution in [0.1, 0.15) is 44.6 Å². The first-order valence-electron chi connectivity index (χ1n) is 7.87. The van der Waals surface area contributed by atoms with Gasteiger partial charge in [-0.05, 0) is 44.9 Å². The van der Waals surface area contributed by atoms with Gasteiger partial charge in [0.25, 0.3) is 0 Å². The molecule has 1 saturated carbocycles. The van der Waals surface area contributed by atoms with Crippen LogP contribution in [0.15, 0.2) is 18.2 Å². The molecule has 0 amide bonds. The Hall–Kier alpha value is -0.640. The monoisotopic (exact) mass is 313 g/mol. The Morgan fingerprint density at radius 1 is 1.33 bits per heavy atom. The van der Waals surface area contributed by atoms with Crippen LogP contribution in [0.25, 0.3) is 0 Å². The lowest BCUT2D eigenvalue weighted by Crippen LogP contribution is -2.53. The highest BCUT2D eigenvalue weighted by Crippen LogP contribution is 2.36. The molecule has 0 aliphatic heterocycles. The van der Waals surface area contributed by atoms with E-state index in [9.17, 15) is 4.39 Å². The second-order valence-corrected chi connectivity index (χ2v) is 6.19. The second-order valence-electron chi connectivity index (χ2n) is 5.82. The van der Waals surface area contributed by atoms with Crippen molar-refractivity contribution >= 4 is 11.6 Å². The molecule has 1 atom stereocenters. The number of hydrogen-bond donors (Lipinski definition) is 1. The van der Waals surface area contributed by atoms with Gasteiger partial charge in [0.2, 0.25) is 0 Å². The second kappa shape index (κ2) is 7.57. The molecule has 1 fully saturated rings. The third-order valence-corrected chi connectivity index (χ3v) is 4.99. The van der Waals surface area contributed by atoms with E-state index in [1.165, 1.54) is 25.3 Å². The van der Waals surface area contributed by atoms with E-state index < -0.39 is 0 Å². The SMILES string of the molecule is CCOC1(C(Cc2cccc(F)c2Cl)NC)CCCCC1. The summed E-state index contributed by atoms with van der Waals surface area (Å²) in [6.07, 6.45) is 6.45. The summed E-state index contributed by atoms with van der Waals surface area (Å²) in [5.41, 5.74) is 0.692. The molecule has 1 aliphatic carbocycles. The van der Waals surface area contributed by atoms with Crippen molar-refractivity contribution in [2.45, 2.75) is 57.1 Å². The van der Waals surface area contributed by atoms with Gasteiger partial charge >= 0.3 is 0 Å². The lowest BCUT2D eigenvalue weighted by molar-refractivity contribution is -0.0883. The fraction of sp³-hybridized carbons (Fsp3) is 0.647. The zero-order valence-corrected chi connectivity index (χ0v) is 13.7. The van der Waals surface area contributed by atoms with Crippen LogP contribution in [0.2, 0.25) is 5.02 Å². The first kappa shape index (κ1) is 16.7. The van der Waals surface area contributed by atoms with Crippen molar-refractivity contribution in [1.82, 2.24) is 5.32 Å². The number of nitrogens with one attached hydrogen (secondary N) is 1. The van der Waals surface area contributed by atoms with Crippen LogP contribution in [0, 0.1) is 5.82 Å². The fourth-order valence-corrected chi connectivity index (χ4v) is 3.71. The van der Waals surface area contributed by atoms with Gasteiger partial charge in [-0.15, -0.1) is 0 Å². The van der Waals surface area contributed by atoms with Crippen molar-refractivity contribution < 1.29 is 9.13 Å². The van der Waals surface area contributed by atoms with Crippen LogP contribution >= 0.6 is 11.6 Å². The molecule has 0 radical (unpaired) electrons. The van der Waals surface area contributed by atoms with Crippen LogP contribution in [0.5, 0.6) is 0 Å². The highest BCUT2D eigenvalue weighted by atomic mass is 35.5. The van der Waals surface area contributed by atoms with Crippen LogP contribution in [-0.2, 0) is 11.2 Å². The third-order valence-electron chi connectivity index (χ3n) is 4.57. The summed E-state index contributed by atoms with van der Waals surface area (Å²) in [7, 11) is 1.95. The van der Waals surface area contributed by atoms with Crippen LogP contribution in [0.4, 0.5) is 4.39 Å². The van der Waals surface area contributed by atoms with Gasteiger partial charge in [0.05, 0.1) is 10.6 Å². The van der Waals surface area contributed by atoms with Crippen LogP contribution < -0.4 is 5.32 Å². The lowest BCUT2D eigenvalue weighted by atomic mass is 9.77. The molecule has 1 aromatic rings. The van der Waals surface area contributed by atoms with Gasteiger partial charge in [-0.3, -0.25) is 0 Å². The highest BCUT2D eigenvalue weighted by Gasteiger charge is 2.40. The van der Waals surface area contributed by atoms with Crippen molar-refractivity contribution in [3.05, 3.63) is 34.6 Å². The topological polar surface area (TPSA) is 21.3 Å². The first-order valence-corrected chi connectivity index (χ1v) is 8.25. The van der Waals surface area contributed by atoms with Gasteiger partial charge in [0.1, 0.15) is 5.82 Å². The summed E-state index contributed by atoms with van der Waals surface area (Å²) in [5.74, 6) is -0.349. The third kappa shape index (κ3) is 3.77. The van der Waals surface area contributed by atoms with Crippen molar-refractivity contribution in [3.8, 4) is 0 Å². The predicted molar refractivity (Wildman–Crippen MR) is 85.4 cm³/mol. The molecule has 0 bridgehead atoms. The molecular weight excluding hydrogens is 289 g/mol. The van der Waals surface area contributed by atoms with Crippen molar-refractivity contribution in [1.29, 1.82) is 0 Å². The average molecular weight is 314 g/mol. The highest BCUT2D eigenvalue weighted by molar-refractivity contribution is 6.31. The van der Waals surface area contributed by atoms with Crippen molar-refractivity contribution in [2.75, 3.05) is 13.7 Å². The predicted octanol–water partition coefficient (Wildman–Crippen LogP) is 4.35. The number of halogens is 2. The Balaban J connectivity index is 2.22. The molecule has 0 heterocycles. The number of hydrogen-bond acceptors (Lipinski definition) is 2. The van der Waals surface area contributed by atoms with E-state index in [1.807, 2.05) is 20.0 Å². The van der Waals surface area contributed by atoms with Gasteiger partial charge in [-0.1, -0.05) is 43.0 Å². The zero-order chi connectivity index (χ0) is 15.3. The average Bonchev–Trinajstić information content (AvgIpc) is 2.50. The van der Waals surface area contributed by atoms with E-state index in [0.717, 1.165) is 18.4 Å². The Morgan fingerprint density at radius 3 is 2.67 bits per heavy atom. The molecule has 118 valence electrons. The number of benzene rings is 1. The minimum atomic E-state index is -0.349. The number of ether oxygens (including phenoxy) is 1. The van der Waals surface area contributed by atoms with Gasteiger partial charge in [0.15, 0.2) is 0 Å². The molecule has 4 heteroatoms. The summed E-state index contributed by atoms with van der Waals surface area (Å²) in [4.78, 5) is 0. The lowest BCUT2D eigenvalue weighted by Gasteiger charge is -2.43. The van der Waals surface area contributed by atoms with E-state index in [2.05, 4.69) is 5.32 Å². The standard InChI is InChI=1S/C17H25ClFNO/c1-3-21-17(10-5-4-6-11-17)15(20-2)12-13-8-7-9-14(19)16(13)18/h7-9,15,20H,3-6,10-12H2,1-2H3. The Morgan fingerprint density at radius 2 is 2.05 bits per heavy atom. The van der Waals surface area contributed by atoms with Gasteiger partial charge < -0.3 is 10.1 Å². The minimum Gasteiger partial charge on any atom is -0.374 e. The molecule has 0 saturated heterocycles. The summed E-state index contributed by atoms with van der Waals surface area (Å²) >= 11 is 6.11.